The molecule has 170 valence electrons. The SMILES string of the molecule is CC1(C)[C@H]2CC[C@@]1(c1cncc(Oc3cnccn3)n1)c1nnc(-c3c(F)cccc3F)cc12. The minimum absolute atomic E-state index is 0.137. The minimum Gasteiger partial charge on any atom is -0.417 e. The Hall–Kier alpha value is -3.88. The molecular weight excluding hydrogens is 438 g/mol. The second-order valence-corrected chi connectivity index (χ2v) is 9.24. The molecule has 6 rings (SSSR count). The van der Waals surface area contributed by atoms with Crippen molar-refractivity contribution < 1.29 is 13.5 Å². The third-order valence-electron chi connectivity index (χ3n) is 7.40. The zero-order valence-corrected chi connectivity index (χ0v) is 18.5. The smallest absolute Gasteiger partial charge is 0.240 e. The van der Waals surface area contributed by atoms with Gasteiger partial charge in [0.05, 0.1) is 40.5 Å². The zero-order chi connectivity index (χ0) is 23.5. The van der Waals surface area contributed by atoms with Gasteiger partial charge in [-0.2, -0.15) is 5.10 Å². The Morgan fingerprint density at radius 2 is 1.76 bits per heavy atom. The summed E-state index contributed by atoms with van der Waals surface area (Å²) in [7, 11) is 0. The van der Waals surface area contributed by atoms with E-state index in [0.717, 1.165) is 29.8 Å². The van der Waals surface area contributed by atoms with Gasteiger partial charge in [0.2, 0.25) is 11.8 Å². The maximum atomic E-state index is 14.4. The molecule has 0 aliphatic heterocycles. The molecule has 3 heterocycles. The number of hydrogen-bond acceptors (Lipinski definition) is 7. The van der Waals surface area contributed by atoms with E-state index in [1.807, 2.05) is 0 Å². The molecule has 0 unspecified atom stereocenters. The Kier molecular flexibility index (Phi) is 4.45. The van der Waals surface area contributed by atoms with Gasteiger partial charge in [-0.1, -0.05) is 19.9 Å². The number of ether oxygens (including phenoxy) is 1. The molecule has 7 nitrogen and oxygen atoms in total. The summed E-state index contributed by atoms with van der Waals surface area (Å²) in [5, 5.41) is 8.80. The number of rotatable bonds is 4. The molecule has 0 saturated heterocycles. The van der Waals surface area contributed by atoms with Crippen molar-refractivity contribution in [2.75, 3.05) is 0 Å². The van der Waals surface area contributed by atoms with Gasteiger partial charge in [-0.3, -0.25) is 9.97 Å². The summed E-state index contributed by atoms with van der Waals surface area (Å²) in [6.07, 6.45) is 9.56. The molecule has 2 aliphatic carbocycles. The van der Waals surface area contributed by atoms with E-state index in [-0.39, 0.29) is 22.6 Å². The number of nitrogens with zero attached hydrogens (tertiary/aromatic N) is 6. The van der Waals surface area contributed by atoms with Crippen LogP contribution in [0.1, 0.15) is 49.6 Å². The van der Waals surface area contributed by atoms with E-state index in [0.29, 0.717) is 11.8 Å². The number of halogens is 2. The standard InChI is InChI=1S/C25H20F2N6O/c1-24(2)15-6-7-25(24,19-11-29-13-21(31-19)34-20-12-28-8-9-30-20)23-14(15)10-18(32-33-23)22-16(26)4-3-5-17(22)27/h3-5,8-13,15H,6-7H2,1-2H3/t15-,25+/m0/s1. The van der Waals surface area contributed by atoms with Gasteiger partial charge in [-0.25, -0.2) is 18.7 Å². The molecule has 34 heavy (non-hydrogen) atoms. The zero-order valence-electron chi connectivity index (χ0n) is 18.5. The number of benzene rings is 1. The predicted octanol–water partition coefficient (Wildman–Crippen LogP) is 5.00. The number of hydrogen-bond donors (Lipinski definition) is 0. The molecule has 0 radical (unpaired) electrons. The molecule has 0 spiro atoms. The lowest BCUT2D eigenvalue weighted by Crippen LogP contribution is -2.38. The van der Waals surface area contributed by atoms with Crippen LogP contribution in [0, 0.1) is 17.0 Å². The van der Waals surface area contributed by atoms with Gasteiger partial charge >= 0.3 is 0 Å². The molecule has 4 aromatic rings. The number of fused-ring (bicyclic) bond motifs is 5. The van der Waals surface area contributed by atoms with Crippen LogP contribution in [0.5, 0.6) is 11.8 Å². The predicted molar refractivity (Wildman–Crippen MR) is 118 cm³/mol. The summed E-state index contributed by atoms with van der Waals surface area (Å²) in [4.78, 5) is 17.3. The molecule has 0 N–H and O–H groups in total. The molecule has 1 fully saturated rings. The van der Waals surface area contributed by atoms with E-state index in [9.17, 15) is 8.78 Å². The van der Waals surface area contributed by atoms with Crippen molar-refractivity contribution >= 4 is 0 Å². The lowest BCUT2D eigenvalue weighted by Gasteiger charge is -2.37. The molecule has 1 saturated carbocycles. The molecule has 2 atom stereocenters. The normalized spacial score (nSPS) is 21.9. The van der Waals surface area contributed by atoms with Crippen molar-refractivity contribution in [1.29, 1.82) is 0 Å². The molecule has 9 heteroatoms. The summed E-state index contributed by atoms with van der Waals surface area (Å²) < 4.78 is 34.7. The Morgan fingerprint density at radius 1 is 0.971 bits per heavy atom. The van der Waals surface area contributed by atoms with Gasteiger partial charge < -0.3 is 4.74 Å². The Balaban J connectivity index is 1.47. The summed E-state index contributed by atoms with van der Waals surface area (Å²) in [5.74, 6) is -0.563. The maximum Gasteiger partial charge on any atom is 0.240 e. The van der Waals surface area contributed by atoms with E-state index >= 15 is 0 Å². The van der Waals surface area contributed by atoms with Gasteiger partial charge in [-0.05, 0) is 47.9 Å². The second kappa shape index (κ2) is 7.31. The molecule has 2 aliphatic rings. The molecule has 3 aromatic heterocycles. The monoisotopic (exact) mass is 458 g/mol. The van der Waals surface area contributed by atoms with Gasteiger partial charge in [-0.15, -0.1) is 5.10 Å². The van der Waals surface area contributed by atoms with Gasteiger partial charge in [0.1, 0.15) is 11.6 Å². The highest BCUT2D eigenvalue weighted by Crippen LogP contribution is 2.69. The molecular formula is C25H20F2N6O. The molecule has 2 bridgehead atoms. The summed E-state index contributed by atoms with van der Waals surface area (Å²) in [5.41, 5.74) is 1.66. The van der Waals surface area contributed by atoms with Crippen LogP contribution >= 0.6 is 0 Å². The van der Waals surface area contributed by atoms with E-state index in [1.54, 1.807) is 18.5 Å². The second-order valence-electron chi connectivity index (χ2n) is 9.24. The van der Waals surface area contributed by atoms with Crippen LogP contribution < -0.4 is 4.74 Å². The van der Waals surface area contributed by atoms with Crippen LogP contribution in [-0.2, 0) is 5.41 Å². The van der Waals surface area contributed by atoms with Crippen LogP contribution in [-0.4, -0.2) is 30.1 Å². The Labute approximate surface area is 194 Å². The first-order valence-corrected chi connectivity index (χ1v) is 11.0. The summed E-state index contributed by atoms with van der Waals surface area (Å²) in [6, 6.07) is 5.57. The van der Waals surface area contributed by atoms with Gasteiger partial charge in [0.25, 0.3) is 0 Å². The van der Waals surface area contributed by atoms with Crippen LogP contribution in [0.4, 0.5) is 8.78 Å². The first kappa shape index (κ1) is 20.7. The van der Waals surface area contributed by atoms with Gasteiger partial charge in [0, 0.05) is 18.6 Å². The summed E-state index contributed by atoms with van der Waals surface area (Å²) >= 11 is 0. The lowest BCUT2D eigenvalue weighted by molar-refractivity contribution is 0.240. The van der Waals surface area contributed by atoms with Crippen molar-refractivity contribution in [3.8, 4) is 23.0 Å². The third-order valence-corrected chi connectivity index (χ3v) is 7.40. The van der Waals surface area contributed by atoms with Gasteiger partial charge in [0.15, 0.2) is 0 Å². The van der Waals surface area contributed by atoms with Crippen LogP contribution in [0.15, 0.2) is 55.2 Å². The Bertz CT molecular complexity index is 1390. The average Bonchev–Trinajstić information content (AvgIpc) is 3.21. The van der Waals surface area contributed by atoms with Crippen molar-refractivity contribution in [2.24, 2.45) is 5.41 Å². The van der Waals surface area contributed by atoms with Crippen LogP contribution in [0.25, 0.3) is 11.3 Å². The largest absolute Gasteiger partial charge is 0.417 e. The third kappa shape index (κ3) is 2.79. The highest BCUT2D eigenvalue weighted by atomic mass is 19.1. The molecule has 1 aromatic carbocycles. The van der Waals surface area contributed by atoms with Crippen LogP contribution in [0.3, 0.4) is 0 Å². The van der Waals surface area contributed by atoms with E-state index in [4.69, 9.17) is 9.72 Å². The lowest BCUT2D eigenvalue weighted by atomic mass is 9.66. The van der Waals surface area contributed by atoms with E-state index in [1.165, 1.54) is 36.8 Å². The van der Waals surface area contributed by atoms with E-state index < -0.39 is 17.0 Å². The quantitative estimate of drug-likeness (QED) is 0.425. The maximum absolute atomic E-state index is 14.4. The highest BCUT2D eigenvalue weighted by Gasteiger charge is 2.65. The fourth-order valence-electron chi connectivity index (χ4n) is 5.80. The van der Waals surface area contributed by atoms with Crippen LogP contribution in [0.2, 0.25) is 0 Å². The van der Waals surface area contributed by atoms with E-state index in [2.05, 4.69) is 39.0 Å². The fourth-order valence-corrected chi connectivity index (χ4v) is 5.80. The van der Waals surface area contributed by atoms with Crippen molar-refractivity contribution in [1.82, 2.24) is 30.1 Å². The summed E-state index contributed by atoms with van der Waals surface area (Å²) in [6.45, 7) is 4.35. The number of aromatic nitrogens is 6. The minimum atomic E-state index is -0.661. The topological polar surface area (TPSA) is 86.6 Å². The van der Waals surface area contributed by atoms with Crippen molar-refractivity contribution in [3.05, 3.63) is 83.8 Å². The fraction of sp³-hybridized carbons (Fsp3) is 0.280. The first-order chi connectivity index (χ1) is 16.4. The van der Waals surface area contributed by atoms with Crippen molar-refractivity contribution in [2.45, 2.75) is 38.0 Å². The average molecular weight is 458 g/mol. The Morgan fingerprint density at radius 3 is 2.53 bits per heavy atom. The van der Waals surface area contributed by atoms with Crippen molar-refractivity contribution in [3.63, 3.8) is 0 Å². The highest BCUT2D eigenvalue weighted by molar-refractivity contribution is 5.64. The first-order valence-electron chi connectivity index (χ1n) is 11.0. The molecule has 0 amide bonds.